The summed E-state index contributed by atoms with van der Waals surface area (Å²) in [7, 11) is 1.43. The van der Waals surface area contributed by atoms with Crippen LogP contribution in [-0.4, -0.2) is 23.9 Å². The first kappa shape index (κ1) is 12.7. The van der Waals surface area contributed by atoms with E-state index in [1.807, 2.05) is 0 Å². The van der Waals surface area contributed by atoms with Gasteiger partial charge in [-0.3, -0.25) is 0 Å². The Bertz CT molecular complexity index is 393. The van der Waals surface area contributed by atoms with Crippen molar-refractivity contribution in [3.05, 3.63) is 17.7 Å². The highest BCUT2D eigenvalue weighted by Crippen LogP contribution is 2.32. The maximum absolute atomic E-state index is 11.0. The van der Waals surface area contributed by atoms with Gasteiger partial charge in [-0.1, -0.05) is 6.92 Å². The first-order valence-electron chi connectivity index (χ1n) is 4.93. The molecule has 0 saturated heterocycles. The highest BCUT2D eigenvalue weighted by Gasteiger charge is 2.14. The van der Waals surface area contributed by atoms with E-state index < -0.39 is 5.97 Å². The second-order valence-corrected chi connectivity index (χ2v) is 4.38. The van der Waals surface area contributed by atoms with Crippen LogP contribution >= 0.6 is 11.8 Å². The summed E-state index contributed by atoms with van der Waals surface area (Å²) in [6.07, 6.45) is 1.01. The molecule has 0 aromatic heterocycles. The summed E-state index contributed by atoms with van der Waals surface area (Å²) in [5, 5.41) is 9.01. The molecule has 1 rings (SSSR count). The Morgan fingerprint density at radius 3 is 2.75 bits per heavy atom. The number of hydrogen-bond acceptors (Lipinski definition) is 4. The molecule has 1 aromatic rings. The predicted octanol–water partition coefficient (Wildman–Crippen LogP) is 2.48. The number of anilines is 1. The molecule has 16 heavy (non-hydrogen) atoms. The van der Waals surface area contributed by atoms with Gasteiger partial charge in [-0.15, -0.1) is 11.8 Å². The summed E-state index contributed by atoms with van der Waals surface area (Å²) in [4.78, 5) is 11.8. The van der Waals surface area contributed by atoms with Crippen molar-refractivity contribution in [2.24, 2.45) is 0 Å². The van der Waals surface area contributed by atoms with Gasteiger partial charge >= 0.3 is 5.97 Å². The Kier molecular flexibility index (Phi) is 4.49. The molecular formula is C11H15NO3S. The van der Waals surface area contributed by atoms with E-state index in [0.717, 1.165) is 17.1 Å². The lowest BCUT2D eigenvalue weighted by Gasteiger charge is -2.10. The maximum Gasteiger partial charge on any atom is 0.339 e. The molecule has 0 atom stereocenters. The largest absolute Gasteiger partial charge is 0.496 e. The summed E-state index contributed by atoms with van der Waals surface area (Å²) >= 11 is 1.55. The molecule has 0 amide bonds. The van der Waals surface area contributed by atoms with Crippen LogP contribution in [0.5, 0.6) is 5.75 Å². The van der Waals surface area contributed by atoms with Gasteiger partial charge in [0.15, 0.2) is 0 Å². The molecule has 88 valence electrons. The fraction of sp³-hybridized carbons (Fsp3) is 0.364. The van der Waals surface area contributed by atoms with Crippen molar-refractivity contribution in [3.63, 3.8) is 0 Å². The summed E-state index contributed by atoms with van der Waals surface area (Å²) in [5.74, 6) is 0.205. The summed E-state index contributed by atoms with van der Waals surface area (Å²) in [6, 6.07) is 3.12. The van der Waals surface area contributed by atoms with Gasteiger partial charge < -0.3 is 15.6 Å². The molecule has 0 aliphatic rings. The third-order valence-corrected chi connectivity index (χ3v) is 3.30. The topological polar surface area (TPSA) is 72.5 Å². The van der Waals surface area contributed by atoms with Crippen LogP contribution in [-0.2, 0) is 0 Å². The van der Waals surface area contributed by atoms with Crippen molar-refractivity contribution >= 4 is 23.4 Å². The average molecular weight is 241 g/mol. The van der Waals surface area contributed by atoms with E-state index in [1.165, 1.54) is 7.11 Å². The van der Waals surface area contributed by atoms with Gasteiger partial charge in [0.1, 0.15) is 11.3 Å². The number of carboxylic acids is 1. The van der Waals surface area contributed by atoms with E-state index >= 15 is 0 Å². The summed E-state index contributed by atoms with van der Waals surface area (Å²) in [6.45, 7) is 2.06. The number of carbonyl (C=O) groups is 1. The first-order valence-corrected chi connectivity index (χ1v) is 5.92. The van der Waals surface area contributed by atoms with Crippen LogP contribution in [0.4, 0.5) is 5.69 Å². The van der Waals surface area contributed by atoms with E-state index in [-0.39, 0.29) is 5.56 Å². The normalized spacial score (nSPS) is 10.1. The van der Waals surface area contributed by atoms with E-state index in [9.17, 15) is 4.79 Å². The van der Waals surface area contributed by atoms with Crippen LogP contribution < -0.4 is 10.5 Å². The number of benzene rings is 1. The second kappa shape index (κ2) is 5.65. The Hall–Kier alpha value is -1.36. The predicted molar refractivity (Wildman–Crippen MR) is 65.4 cm³/mol. The number of nitrogen functional groups attached to an aromatic ring is 1. The van der Waals surface area contributed by atoms with Gasteiger partial charge in [-0.2, -0.15) is 0 Å². The lowest BCUT2D eigenvalue weighted by atomic mass is 10.2. The van der Waals surface area contributed by atoms with Crippen LogP contribution in [0, 0.1) is 0 Å². The third kappa shape index (κ3) is 2.82. The quantitative estimate of drug-likeness (QED) is 0.612. The fourth-order valence-electron chi connectivity index (χ4n) is 1.25. The molecule has 1 aromatic carbocycles. The number of thioether (sulfide) groups is 1. The smallest absolute Gasteiger partial charge is 0.339 e. The highest BCUT2D eigenvalue weighted by atomic mass is 32.2. The van der Waals surface area contributed by atoms with Gasteiger partial charge in [0.25, 0.3) is 0 Å². The lowest BCUT2D eigenvalue weighted by molar-refractivity contribution is 0.0693. The number of aromatic carboxylic acids is 1. The molecule has 0 unspecified atom stereocenters. The summed E-state index contributed by atoms with van der Waals surface area (Å²) in [5.41, 5.74) is 6.52. The van der Waals surface area contributed by atoms with Crippen LogP contribution in [0.3, 0.4) is 0 Å². The zero-order valence-corrected chi connectivity index (χ0v) is 10.1. The first-order chi connectivity index (χ1) is 7.60. The number of carboxylic acid groups (broad SMARTS) is 1. The van der Waals surface area contributed by atoms with Crippen molar-refractivity contribution in [1.82, 2.24) is 0 Å². The SMILES string of the molecule is CCCSc1cc(C(=O)O)c(OC)cc1N. The van der Waals surface area contributed by atoms with Crippen molar-refractivity contribution in [2.75, 3.05) is 18.6 Å². The molecule has 0 heterocycles. The Morgan fingerprint density at radius 1 is 1.56 bits per heavy atom. The molecule has 0 saturated carbocycles. The average Bonchev–Trinajstić information content (AvgIpc) is 2.26. The molecule has 5 heteroatoms. The number of methoxy groups -OCH3 is 1. The fourth-order valence-corrected chi connectivity index (χ4v) is 2.10. The van der Waals surface area contributed by atoms with Gasteiger partial charge in [0, 0.05) is 16.6 Å². The van der Waals surface area contributed by atoms with Crippen LogP contribution in [0.15, 0.2) is 17.0 Å². The third-order valence-electron chi connectivity index (χ3n) is 2.02. The van der Waals surface area contributed by atoms with E-state index in [1.54, 1.807) is 23.9 Å². The van der Waals surface area contributed by atoms with Gasteiger partial charge in [-0.25, -0.2) is 4.79 Å². The molecule has 3 N–H and O–H groups in total. The van der Waals surface area contributed by atoms with Gasteiger partial charge in [0.05, 0.1) is 7.11 Å². The van der Waals surface area contributed by atoms with Crippen LogP contribution in [0.1, 0.15) is 23.7 Å². The molecule has 0 spiro atoms. The Balaban J connectivity index is 3.11. The molecule has 0 aliphatic carbocycles. The lowest BCUT2D eigenvalue weighted by Crippen LogP contribution is -2.02. The van der Waals surface area contributed by atoms with Crippen molar-refractivity contribution < 1.29 is 14.6 Å². The molecule has 0 radical (unpaired) electrons. The summed E-state index contributed by atoms with van der Waals surface area (Å²) < 4.78 is 4.98. The van der Waals surface area contributed by atoms with Crippen molar-refractivity contribution in [2.45, 2.75) is 18.2 Å². The monoisotopic (exact) mass is 241 g/mol. The number of rotatable bonds is 5. The molecule has 4 nitrogen and oxygen atoms in total. The van der Waals surface area contributed by atoms with Crippen LogP contribution in [0.25, 0.3) is 0 Å². The van der Waals surface area contributed by atoms with E-state index in [2.05, 4.69) is 6.92 Å². The highest BCUT2D eigenvalue weighted by molar-refractivity contribution is 7.99. The van der Waals surface area contributed by atoms with Gasteiger partial charge in [-0.05, 0) is 18.2 Å². The number of ether oxygens (including phenoxy) is 1. The van der Waals surface area contributed by atoms with E-state index in [4.69, 9.17) is 15.6 Å². The minimum atomic E-state index is -1.00. The molecule has 0 aliphatic heterocycles. The standard InChI is InChI=1S/C11H15NO3S/c1-3-4-16-10-5-7(11(13)14)9(15-2)6-8(10)12/h5-6H,3-4,12H2,1-2H3,(H,13,14). The Morgan fingerprint density at radius 2 is 2.25 bits per heavy atom. The minimum Gasteiger partial charge on any atom is -0.496 e. The zero-order valence-electron chi connectivity index (χ0n) is 9.32. The molecule has 0 bridgehead atoms. The molecule has 0 fully saturated rings. The Labute approximate surface area is 98.8 Å². The van der Waals surface area contributed by atoms with Crippen molar-refractivity contribution in [1.29, 1.82) is 0 Å². The zero-order chi connectivity index (χ0) is 12.1. The van der Waals surface area contributed by atoms with Crippen LogP contribution in [0.2, 0.25) is 0 Å². The van der Waals surface area contributed by atoms with E-state index in [0.29, 0.717) is 11.4 Å². The minimum absolute atomic E-state index is 0.148. The number of hydrogen-bond donors (Lipinski definition) is 2. The number of nitrogens with two attached hydrogens (primary N) is 1. The second-order valence-electron chi connectivity index (χ2n) is 3.24. The van der Waals surface area contributed by atoms with Gasteiger partial charge in [0.2, 0.25) is 0 Å². The van der Waals surface area contributed by atoms with Crippen molar-refractivity contribution in [3.8, 4) is 5.75 Å². The maximum atomic E-state index is 11.0. The molecular weight excluding hydrogens is 226 g/mol.